The van der Waals surface area contributed by atoms with Gasteiger partial charge in [0, 0.05) is 33.2 Å². The molecule has 0 saturated heterocycles. The summed E-state index contributed by atoms with van der Waals surface area (Å²) >= 11 is 0. The van der Waals surface area contributed by atoms with E-state index in [0.29, 0.717) is 6.54 Å². The number of nitrogens with one attached hydrogen (secondary N) is 2. The van der Waals surface area contributed by atoms with Crippen LogP contribution in [0.15, 0.2) is 4.99 Å². The van der Waals surface area contributed by atoms with Crippen molar-refractivity contribution in [1.29, 1.82) is 0 Å². The van der Waals surface area contributed by atoms with Crippen molar-refractivity contribution in [2.45, 2.75) is 71.9 Å². The number of carbonyl (C=O) groups excluding carboxylic acids is 1. The standard InChI is InChI=1S/C17H36N4O2/c1-8-10-12-21(7)15(18-6)19-13-14(11-9-2)20-16(22)23-17(3,4)5/h14H,8-13H2,1-7H3,(H,18,19)(H,20,22). The summed E-state index contributed by atoms with van der Waals surface area (Å²) in [6.45, 7) is 11.5. The summed E-state index contributed by atoms with van der Waals surface area (Å²) in [6.07, 6.45) is 3.80. The summed E-state index contributed by atoms with van der Waals surface area (Å²) in [4.78, 5) is 18.3. The Morgan fingerprint density at radius 1 is 1.26 bits per heavy atom. The largest absolute Gasteiger partial charge is 0.444 e. The minimum absolute atomic E-state index is 0.0196. The first-order valence-corrected chi connectivity index (χ1v) is 8.64. The van der Waals surface area contributed by atoms with E-state index < -0.39 is 5.60 Å². The van der Waals surface area contributed by atoms with Gasteiger partial charge in [-0.1, -0.05) is 26.7 Å². The zero-order valence-electron chi connectivity index (χ0n) is 16.0. The van der Waals surface area contributed by atoms with Crippen molar-refractivity contribution < 1.29 is 9.53 Å². The Hall–Kier alpha value is -1.46. The van der Waals surface area contributed by atoms with Crippen LogP contribution in [0, 0.1) is 0 Å². The van der Waals surface area contributed by atoms with E-state index in [1.165, 1.54) is 0 Å². The van der Waals surface area contributed by atoms with Gasteiger partial charge in [-0.3, -0.25) is 4.99 Å². The first-order valence-electron chi connectivity index (χ1n) is 8.64. The molecule has 0 rings (SSSR count). The highest BCUT2D eigenvalue weighted by Gasteiger charge is 2.19. The van der Waals surface area contributed by atoms with Gasteiger partial charge in [-0.2, -0.15) is 0 Å². The maximum Gasteiger partial charge on any atom is 0.407 e. The van der Waals surface area contributed by atoms with Crippen molar-refractivity contribution >= 4 is 12.1 Å². The number of rotatable bonds is 8. The maximum absolute atomic E-state index is 11.9. The van der Waals surface area contributed by atoms with Crippen LogP contribution in [0.2, 0.25) is 0 Å². The molecule has 0 bridgehead atoms. The molecule has 2 N–H and O–H groups in total. The fourth-order valence-electron chi connectivity index (χ4n) is 2.15. The van der Waals surface area contributed by atoms with Gasteiger partial charge in [0.2, 0.25) is 0 Å². The molecular formula is C17H36N4O2. The molecule has 6 nitrogen and oxygen atoms in total. The summed E-state index contributed by atoms with van der Waals surface area (Å²) in [5, 5.41) is 6.28. The second kappa shape index (κ2) is 11.1. The van der Waals surface area contributed by atoms with Crippen LogP contribution in [0.1, 0.15) is 60.3 Å². The Morgan fingerprint density at radius 3 is 2.39 bits per heavy atom. The van der Waals surface area contributed by atoms with Crippen LogP contribution >= 0.6 is 0 Å². The molecule has 0 aliphatic heterocycles. The van der Waals surface area contributed by atoms with Crippen LogP contribution in [0.3, 0.4) is 0 Å². The number of nitrogens with zero attached hydrogens (tertiary/aromatic N) is 2. The fraction of sp³-hybridized carbons (Fsp3) is 0.882. The lowest BCUT2D eigenvalue weighted by Gasteiger charge is -2.26. The highest BCUT2D eigenvalue weighted by molar-refractivity contribution is 5.79. The number of aliphatic imine (C=N–C) groups is 1. The number of amides is 1. The highest BCUT2D eigenvalue weighted by atomic mass is 16.6. The second-order valence-corrected chi connectivity index (χ2v) is 6.84. The summed E-state index contributed by atoms with van der Waals surface area (Å²) in [5.41, 5.74) is -0.481. The molecule has 0 radical (unpaired) electrons. The zero-order valence-corrected chi connectivity index (χ0v) is 16.0. The van der Waals surface area contributed by atoms with Crippen LogP contribution in [0.25, 0.3) is 0 Å². The van der Waals surface area contributed by atoms with Crippen LogP contribution in [-0.2, 0) is 4.74 Å². The molecule has 0 aliphatic carbocycles. The molecule has 0 aromatic carbocycles. The van der Waals surface area contributed by atoms with Crippen molar-refractivity contribution in [2.24, 2.45) is 4.99 Å². The highest BCUT2D eigenvalue weighted by Crippen LogP contribution is 2.07. The Kier molecular flexibility index (Phi) is 10.4. The van der Waals surface area contributed by atoms with E-state index in [1.807, 2.05) is 27.8 Å². The van der Waals surface area contributed by atoms with Gasteiger partial charge < -0.3 is 20.3 Å². The van der Waals surface area contributed by atoms with Gasteiger partial charge in [-0.25, -0.2) is 4.79 Å². The quantitative estimate of drug-likeness (QED) is 0.531. The minimum Gasteiger partial charge on any atom is -0.444 e. The van der Waals surface area contributed by atoms with Crippen LogP contribution in [-0.4, -0.2) is 55.8 Å². The van der Waals surface area contributed by atoms with Crippen molar-refractivity contribution in [1.82, 2.24) is 15.5 Å². The third-order valence-corrected chi connectivity index (χ3v) is 3.29. The molecule has 136 valence electrons. The molecule has 1 amide bonds. The lowest BCUT2D eigenvalue weighted by Crippen LogP contribution is -2.48. The molecule has 1 atom stereocenters. The number of ether oxygens (including phenoxy) is 1. The lowest BCUT2D eigenvalue weighted by molar-refractivity contribution is 0.0502. The molecule has 0 aromatic rings. The predicted molar refractivity (Wildman–Crippen MR) is 97.0 cm³/mol. The summed E-state index contributed by atoms with van der Waals surface area (Å²) in [6, 6.07) is 0.0196. The number of unbranched alkanes of at least 4 members (excludes halogenated alkanes) is 1. The van der Waals surface area contributed by atoms with Crippen molar-refractivity contribution in [3.05, 3.63) is 0 Å². The summed E-state index contributed by atoms with van der Waals surface area (Å²) in [5.74, 6) is 0.852. The Balaban J connectivity index is 4.48. The third kappa shape index (κ3) is 10.8. The van der Waals surface area contributed by atoms with Gasteiger partial charge in [0.15, 0.2) is 5.96 Å². The topological polar surface area (TPSA) is 66.0 Å². The summed E-state index contributed by atoms with van der Waals surface area (Å²) < 4.78 is 5.33. The van der Waals surface area contributed by atoms with Crippen LogP contribution in [0.5, 0.6) is 0 Å². The number of alkyl carbamates (subject to hydrolysis) is 1. The fourth-order valence-corrected chi connectivity index (χ4v) is 2.15. The number of hydrogen-bond donors (Lipinski definition) is 2. The van der Waals surface area contributed by atoms with E-state index in [-0.39, 0.29) is 12.1 Å². The van der Waals surface area contributed by atoms with Crippen LogP contribution in [0.4, 0.5) is 4.79 Å². The molecule has 0 aromatic heterocycles. The summed E-state index contributed by atoms with van der Waals surface area (Å²) in [7, 11) is 3.81. The maximum atomic E-state index is 11.9. The van der Waals surface area contributed by atoms with E-state index in [2.05, 4.69) is 34.4 Å². The number of hydrogen-bond acceptors (Lipinski definition) is 3. The van der Waals surface area contributed by atoms with Crippen LogP contribution < -0.4 is 10.6 Å². The lowest BCUT2D eigenvalue weighted by atomic mass is 10.1. The molecule has 23 heavy (non-hydrogen) atoms. The van der Waals surface area contributed by atoms with Crippen molar-refractivity contribution in [2.75, 3.05) is 27.2 Å². The van der Waals surface area contributed by atoms with E-state index in [0.717, 1.165) is 38.2 Å². The Labute approximate surface area is 142 Å². The Bertz CT molecular complexity index is 364. The van der Waals surface area contributed by atoms with E-state index in [4.69, 9.17) is 4.74 Å². The van der Waals surface area contributed by atoms with Gasteiger partial charge in [0.05, 0.1) is 0 Å². The van der Waals surface area contributed by atoms with Gasteiger partial charge in [0.25, 0.3) is 0 Å². The van der Waals surface area contributed by atoms with Crippen molar-refractivity contribution in [3.63, 3.8) is 0 Å². The molecule has 1 unspecified atom stereocenters. The first-order chi connectivity index (χ1) is 10.7. The monoisotopic (exact) mass is 328 g/mol. The van der Waals surface area contributed by atoms with Gasteiger partial charge in [-0.15, -0.1) is 0 Å². The van der Waals surface area contributed by atoms with E-state index >= 15 is 0 Å². The normalized spacial score (nSPS) is 13.4. The second-order valence-electron chi connectivity index (χ2n) is 6.84. The molecule has 0 spiro atoms. The number of guanidine groups is 1. The molecule has 0 aliphatic rings. The SMILES string of the molecule is CCCCN(C)C(=NC)NCC(CCC)NC(=O)OC(C)(C)C. The molecule has 0 fully saturated rings. The predicted octanol–water partition coefficient (Wildman–Crippen LogP) is 2.99. The Morgan fingerprint density at radius 2 is 1.91 bits per heavy atom. The average Bonchev–Trinajstić information content (AvgIpc) is 2.43. The molecule has 6 heteroatoms. The van der Waals surface area contributed by atoms with Gasteiger partial charge >= 0.3 is 6.09 Å². The van der Waals surface area contributed by atoms with Gasteiger partial charge in [-0.05, 0) is 33.6 Å². The number of carbonyl (C=O) groups is 1. The smallest absolute Gasteiger partial charge is 0.407 e. The zero-order chi connectivity index (χ0) is 17.9. The van der Waals surface area contributed by atoms with Gasteiger partial charge in [0.1, 0.15) is 5.60 Å². The third-order valence-electron chi connectivity index (χ3n) is 3.29. The average molecular weight is 329 g/mol. The van der Waals surface area contributed by atoms with E-state index in [9.17, 15) is 4.79 Å². The first kappa shape index (κ1) is 21.5. The molecular weight excluding hydrogens is 292 g/mol. The minimum atomic E-state index is -0.481. The van der Waals surface area contributed by atoms with Crippen molar-refractivity contribution in [3.8, 4) is 0 Å². The molecule has 0 heterocycles. The van der Waals surface area contributed by atoms with E-state index in [1.54, 1.807) is 7.05 Å². The molecule has 0 saturated carbocycles.